The Morgan fingerprint density at radius 2 is 1.88 bits per heavy atom. The molecule has 1 aromatic carbocycles. The maximum absolute atomic E-state index is 11.8. The normalized spacial score (nSPS) is 11.5. The van der Waals surface area contributed by atoms with Crippen molar-refractivity contribution in [3.63, 3.8) is 0 Å². The van der Waals surface area contributed by atoms with E-state index in [9.17, 15) is 4.79 Å². The molecule has 1 N–H and O–H groups in total. The van der Waals surface area contributed by atoms with Gasteiger partial charge in [-0.05, 0) is 35.8 Å². The number of aryl methyl sites for hydroxylation is 2. The molecule has 0 spiro atoms. The Bertz CT molecular complexity index is 654. The van der Waals surface area contributed by atoms with Crippen LogP contribution in [0.1, 0.15) is 56.5 Å². The predicted octanol–water partition coefficient (Wildman–Crippen LogP) is 3.36. The first-order valence-electron chi connectivity index (χ1n) is 8.50. The van der Waals surface area contributed by atoms with Gasteiger partial charge in [0.1, 0.15) is 0 Å². The Morgan fingerprint density at radius 1 is 1.17 bits per heavy atom. The van der Waals surface area contributed by atoms with Crippen LogP contribution in [-0.2, 0) is 23.1 Å². The highest BCUT2D eigenvalue weighted by atomic mass is 16.5. The van der Waals surface area contributed by atoms with Gasteiger partial charge in [0, 0.05) is 13.5 Å². The van der Waals surface area contributed by atoms with Gasteiger partial charge in [0.05, 0.1) is 6.42 Å². The smallest absolute Gasteiger partial charge is 0.227 e. The van der Waals surface area contributed by atoms with Crippen LogP contribution in [0.25, 0.3) is 0 Å². The Hall–Kier alpha value is -2.17. The molecule has 2 aromatic rings. The average molecular weight is 329 g/mol. The third-order valence-corrected chi connectivity index (χ3v) is 3.92. The summed E-state index contributed by atoms with van der Waals surface area (Å²) < 4.78 is 4.85. The number of aromatic nitrogens is 2. The summed E-state index contributed by atoms with van der Waals surface area (Å²) in [4.78, 5) is 15.8. The number of nitrogens with zero attached hydrogens (tertiary/aromatic N) is 2. The van der Waals surface area contributed by atoms with Crippen LogP contribution in [0.3, 0.4) is 0 Å². The first kappa shape index (κ1) is 18.2. The number of benzene rings is 1. The monoisotopic (exact) mass is 329 g/mol. The fourth-order valence-electron chi connectivity index (χ4n) is 2.47. The number of unbranched alkanes of at least 4 members (excludes halogenated alkanes) is 1. The number of nitrogens with one attached hydrogen (secondary N) is 1. The second kappa shape index (κ2) is 8.08. The number of rotatable bonds is 7. The summed E-state index contributed by atoms with van der Waals surface area (Å²) in [6.45, 7) is 9.06. The number of carbonyl (C=O) groups is 1. The van der Waals surface area contributed by atoms with Crippen molar-refractivity contribution >= 4 is 5.91 Å². The molecule has 0 aliphatic heterocycles. The van der Waals surface area contributed by atoms with Crippen molar-refractivity contribution in [3.05, 3.63) is 47.1 Å². The maximum Gasteiger partial charge on any atom is 0.227 e. The zero-order valence-electron chi connectivity index (χ0n) is 15.1. The van der Waals surface area contributed by atoms with Gasteiger partial charge in [0.15, 0.2) is 5.82 Å². The second-order valence-electron chi connectivity index (χ2n) is 7.16. The first-order chi connectivity index (χ1) is 11.3. The van der Waals surface area contributed by atoms with E-state index in [1.165, 1.54) is 11.1 Å². The van der Waals surface area contributed by atoms with Gasteiger partial charge >= 0.3 is 0 Å². The molecule has 0 fully saturated rings. The van der Waals surface area contributed by atoms with E-state index in [2.05, 4.69) is 60.5 Å². The molecule has 0 radical (unpaired) electrons. The lowest BCUT2D eigenvalue weighted by Crippen LogP contribution is -2.26. The molecule has 0 atom stereocenters. The summed E-state index contributed by atoms with van der Waals surface area (Å²) in [5.41, 5.74) is 2.90. The van der Waals surface area contributed by atoms with Gasteiger partial charge in [0.2, 0.25) is 11.8 Å². The van der Waals surface area contributed by atoms with E-state index in [4.69, 9.17) is 4.52 Å². The van der Waals surface area contributed by atoms with E-state index in [1.54, 1.807) is 6.92 Å². The van der Waals surface area contributed by atoms with E-state index < -0.39 is 0 Å². The molecule has 1 amide bonds. The van der Waals surface area contributed by atoms with Crippen molar-refractivity contribution < 1.29 is 9.32 Å². The lowest BCUT2D eigenvalue weighted by Gasteiger charge is -2.19. The number of carbonyl (C=O) groups excluding carboxylic acids is 1. The standard InChI is InChI=1S/C19H27N3O2/c1-14-21-17(22-24-14)13-18(23)20-12-6-5-7-15-8-10-16(11-9-15)19(2,3)4/h8-11H,5-7,12-13H2,1-4H3,(H,20,23). The summed E-state index contributed by atoms with van der Waals surface area (Å²) in [7, 11) is 0. The lowest BCUT2D eigenvalue weighted by molar-refractivity contribution is -0.120. The molecule has 5 heteroatoms. The Labute approximate surface area is 143 Å². The molecule has 24 heavy (non-hydrogen) atoms. The van der Waals surface area contributed by atoms with E-state index in [0.717, 1.165) is 19.3 Å². The zero-order chi connectivity index (χ0) is 17.6. The number of amides is 1. The molecule has 1 aromatic heterocycles. The summed E-state index contributed by atoms with van der Waals surface area (Å²) >= 11 is 0. The molecule has 5 nitrogen and oxygen atoms in total. The molecule has 0 aliphatic rings. The third-order valence-electron chi connectivity index (χ3n) is 3.92. The lowest BCUT2D eigenvalue weighted by atomic mass is 9.86. The zero-order valence-corrected chi connectivity index (χ0v) is 15.1. The minimum atomic E-state index is -0.0645. The van der Waals surface area contributed by atoms with Crippen molar-refractivity contribution in [2.24, 2.45) is 0 Å². The van der Waals surface area contributed by atoms with Gasteiger partial charge in [-0.25, -0.2) is 0 Å². The SMILES string of the molecule is Cc1nc(CC(=O)NCCCCc2ccc(C(C)(C)C)cc2)no1. The minimum absolute atomic E-state index is 0.0645. The topological polar surface area (TPSA) is 68.0 Å². The van der Waals surface area contributed by atoms with E-state index in [-0.39, 0.29) is 17.7 Å². The Kier molecular flexibility index (Phi) is 6.12. The van der Waals surface area contributed by atoms with Crippen LogP contribution in [0.5, 0.6) is 0 Å². The Balaban J connectivity index is 1.63. The molecule has 0 unspecified atom stereocenters. The van der Waals surface area contributed by atoms with Crippen LogP contribution in [0.15, 0.2) is 28.8 Å². The Morgan fingerprint density at radius 3 is 2.46 bits per heavy atom. The number of hydrogen-bond acceptors (Lipinski definition) is 4. The van der Waals surface area contributed by atoms with Crippen molar-refractivity contribution in [2.45, 2.75) is 58.8 Å². The first-order valence-corrected chi connectivity index (χ1v) is 8.50. The van der Waals surface area contributed by atoms with Crippen molar-refractivity contribution in [1.29, 1.82) is 0 Å². The van der Waals surface area contributed by atoms with Crippen LogP contribution >= 0.6 is 0 Å². The summed E-state index contributed by atoms with van der Waals surface area (Å²) in [5, 5.41) is 6.61. The maximum atomic E-state index is 11.8. The fourth-order valence-corrected chi connectivity index (χ4v) is 2.47. The highest BCUT2D eigenvalue weighted by molar-refractivity contribution is 5.77. The van der Waals surface area contributed by atoms with Gasteiger partial charge in [-0.2, -0.15) is 4.98 Å². The predicted molar refractivity (Wildman–Crippen MR) is 93.8 cm³/mol. The van der Waals surface area contributed by atoms with E-state index in [0.29, 0.717) is 18.3 Å². The summed E-state index contributed by atoms with van der Waals surface area (Å²) in [6.07, 6.45) is 3.21. The van der Waals surface area contributed by atoms with Gasteiger partial charge in [-0.3, -0.25) is 4.79 Å². The molecule has 0 saturated carbocycles. The molecule has 1 heterocycles. The van der Waals surface area contributed by atoms with Gasteiger partial charge < -0.3 is 9.84 Å². The quantitative estimate of drug-likeness (QED) is 0.791. The summed E-state index contributed by atoms with van der Waals surface area (Å²) in [6, 6.07) is 8.84. The van der Waals surface area contributed by atoms with Crippen molar-refractivity contribution in [2.75, 3.05) is 6.54 Å². The molecule has 0 aliphatic carbocycles. The average Bonchev–Trinajstić information content (AvgIpc) is 2.91. The molecule has 130 valence electrons. The van der Waals surface area contributed by atoms with Crippen LogP contribution in [0.4, 0.5) is 0 Å². The molecular formula is C19H27N3O2. The minimum Gasteiger partial charge on any atom is -0.356 e. The van der Waals surface area contributed by atoms with Crippen molar-refractivity contribution in [3.8, 4) is 0 Å². The van der Waals surface area contributed by atoms with E-state index >= 15 is 0 Å². The van der Waals surface area contributed by atoms with Gasteiger partial charge in [0.25, 0.3) is 0 Å². The van der Waals surface area contributed by atoms with Crippen molar-refractivity contribution in [1.82, 2.24) is 15.5 Å². The highest BCUT2D eigenvalue weighted by Crippen LogP contribution is 2.22. The summed E-state index contributed by atoms with van der Waals surface area (Å²) in [5.74, 6) is 0.851. The largest absolute Gasteiger partial charge is 0.356 e. The molecule has 0 saturated heterocycles. The van der Waals surface area contributed by atoms with Gasteiger partial charge in [-0.15, -0.1) is 0 Å². The van der Waals surface area contributed by atoms with Crippen LogP contribution in [0.2, 0.25) is 0 Å². The third kappa shape index (κ3) is 5.80. The highest BCUT2D eigenvalue weighted by Gasteiger charge is 2.12. The van der Waals surface area contributed by atoms with Gasteiger partial charge in [-0.1, -0.05) is 50.2 Å². The number of hydrogen-bond donors (Lipinski definition) is 1. The van der Waals surface area contributed by atoms with Crippen LogP contribution in [-0.4, -0.2) is 22.6 Å². The molecular weight excluding hydrogens is 302 g/mol. The molecule has 0 bridgehead atoms. The van der Waals surface area contributed by atoms with Crippen LogP contribution < -0.4 is 5.32 Å². The fraction of sp³-hybridized carbons (Fsp3) is 0.526. The van der Waals surface area contributed by atoms with Crippen LogP contribution in [0, 0.1) is 6.92 Å². The molecule has 2 rings (SSSR count). The van der Waals surface area contributed by atoms with E-state index in [1.807, 2.05) is 0 Å². The second-order valence-corrected chi connectivity index (χ2v) is 7.16.